The zero-order chi connectivity index (χ0) is 15.3. The molecule has 0 radical (unpaired) electrons. The number of nitrogens with zero attached hydrogens (tertiary/aromatic N) is 1. The summed E-state index contributed by atoms with van der Waals surface area (Å²) in [4.78, 5) is 35.9. The van der Waals surface area contributed by atoms with E-state index in [9.17, 15) is 19.5 Å². The molecule has 2 unspecified atom stereocenters. The molecule has 0 aromatic rings. The highest BCUT2D eigenvalue weighted by molar-refractivity contribution is 8.01. The molecule has 8 heteroatoms. The van der Waals surface area contributed by atoms with Gasteiger partial charge in [-0.25, -0.2) is 9.59 Å². The number of fused-ring (bicyclic) bond motifs is 1. The second-order valence-corrected chi connectivity index (χ2v) is 7.05. The SMILES string of the molecule is COC(=O)/C=C/C1(N)C(=O)N2C1SC(C)(C)[C@@H]2C(=O)O. The second-order valence-electron chi connectivity index (χ2n) is 5.32. The van der Waals surface area contributed by atoms with E-state index in [0.29, 0.717) is 0 Å². The first-order valence-corrected chi connectivity index (χ1v) is 6.82. The number of amides is 1. The summed E-state index contributed by atoms with van der Waals surface area (Å²) in [6, 6.07) is -0.923. The Morgan fingerprint density at radius 1 is 1.50 bits per heavy atom. The monoisotopic (exact) mass is 300 g/mol. The molecule has 0 bridgehead atoms. The van der Waals surface area contributed by atoms with Gasteiger partial charge in [0, 0.05) is 10.8 Å². The minimum Gasteiger partial charge on any atom is -0.480 e. The van der Waals surface area contributed by atoms with Crippen LogP contribution in [0.5, 0.6) is 0 Å². The summed E-state index contributed by atoms with van der Waals surface area (Å²) in [5.74, 6) is -2.16. The van der Waals surface area contributed by atoms with Crippen molar-refractivity contribution in [1.29, 1.82) is 0 Å². The van der Waals surface area contributed by atoms with Gasteiger partial charge in [-0.15, -0.1) is 11.8 Å². The number of methoxy groups -OCH3 is 1. The molecule has 2 saturated heterocycles. The minimum absolute atomic E-state index is 0.492. The minimum atomic E-state index is -1.36. The first-order chi connectivity index (χ1) is 9.15. The molecule has 2 aliphatic heterocycles. The van der Waals surface area contributed by atoms with Crippen LogP contribution in [-0.4, -0.2) is 56.7 Å². The fourth-order valence-electron chi connectivity index (χ4n) is 2.54. The van der Waals surface area contributed by atoms with Crippen LogP contribution in [0.1, 0.15) is 13.8 Å². The largest absolute Gasteiger partial charge is 0.480 e. The van der Waals surface area contributed by atoms with Crippen molar-refractivity contribution in [1.82, 2.24) is 4.90 Å². The topological polar surface area (TPSA) is 110 Å². The molecule has 0 aliphatic carbocycles. The highest BCUT2D eigenvalue weighted by Gasteiger charge is 2.69. The Morgan fingerprint density at radius 2 is 2.10 bits per heavy atom. The number of thioether (sulfide) groups is 1. The molecule has 1 amide bonds. The van der Waals surface area contributed by atoms with Crippen molar-refractivity contribution in [3.8, 4) is 0 Å². The molecule has 3 atom stereocenters. The van der Waals surface area contributed by atoms with Crippen molar-refractivity contribution in [2.24, 2.45) is 5.73 Å². The molecule has 2 fully saturated rings. The maximum Gasteiger partial charge on any atom is 0.330 e. The average molecular weight is 300 g/mol. The number of aliphatic carboxylic acids is 1. The number of carboxylic acids is 1. The number of β-lactam (4-membered cyclic amide) rings is 1. The Balaban J connectivity index is 2.28. The van der Waals surface area contributed by atoms with E-state index in [1.54, 1.807) is 13.8 Å². The van der Waals surface area contributed by atoms with Crippen LogP contribution < -0.4 is 5.73 Å². The standard InChI is InChI=1S/C12H16N2O5S/c1-11(2)7(8(16)17)14-9(18)12(13,10(14)20-11)5-4-6(15)19-3/h4-5,7,10H,13H2,1-3H3,(H,16,17)/b5-4+/t7-,10?,12?/m0/s1. The lowest BCUT2D eigenvalue weighted by Crippen LogP contribution is -2.76. The zero-order valence-electron chi connectivity index (χ0n) is 11.3. The molecule has 0 aromatic carbocycles. The van der Waals surface area contributed by atoms with Gasteiger partial charge in [-0.05, 0) is 19.9 Å². The van der Waals surface area contributed by atoms with Crippen molar-refractivity contribution in [3.05, 3.63) is 12.2 Å². The van der Waals surface area contributed by atoms with Gasteiger partial charge in [0.1, 0.15) is 17.0 Å². The summed E-state index contributed by atoms with van der Waals surface area (Å²) >= 11 is 1.32. The van der Waals surface area contributed by atoms with Crippen molar-refractivity contribution in [2.45, 2.75) is 35.5 Å². The van der Waals surface area contributed by atoms with Crippen LogP contribution in [0.15, 0.2) is 12.2 Å². The van der Waals surface area contributed by atoms with Gasteiger partial charge >= 0.3 is 11.9 Å². The van der Waals surface area contributed by atoms with Gasteiger partial charge in [0.15, 0.2) is 0 Å². The van der Waals surface area contributed by atoms with Gasteiger partial charge in [-0.3, -0.25) is 4.79 Å². The number of carbonyl (C=O) groups is 3. The van der Waals surface area contributed by atoms with Crippen LogP contribution in [0.3, 0.4) is 0 Å². The fraction of sp³-hybridized carbons (Fsp3) is 0.583. The van der Waals surface area contributed by atoms with E-state index in [0.717, 1.165) is 6.08 Å². The molecule has 3 N–H and O–H groups in total. The van der Waals surface area contributed by atoms with Gasteiger partial charge in [0.05, 0.1) is 7.11 Å². The maximum absolute atomic E-state index is 12.2. The number of nitrogens with two attached hydrogens (primary N) is 1. The quantitative estimate of drug-likeness (QED) is 0.413. The number of ether oxygens (including phenoxy) is 1. The number of rotatable bonds is 3. The highest BCUT2D eigenvalue weighted by atomic mass is 32.2. The van der Waals surface area contributed by atoms with Gasteiger partial charge in [0.2, 0.25) is 0 Å². The zero-order valence-corrected chi connectivity index (χ0v) is 12.1. The smallest absolute Gasteiger partial charge is 0.330 e. The molecule has 2 rings (SSSR count). The summed E-state index contributed by atoms with van der Waals surface area (Å²) in [6.07, 6.45) is 2.38. The third kappa shape index (κ3) is 1.90. The number of hydrogen-bond donors (Lipinski definition) is 2. The molecule has 0 saturated carbocycles. The predicted octanol–water partition coefficient (Wildman–Crippen LogP) is -0.440. The van der Waals surface area contributed by atoms with Crippen molar-refractivity contribution in [2.75, 3.05) is 7.11 Å². The third-order valence-corrected chi connectivity index (χ3v) is 5.22. The van der Waals surface area contributed by atoms with Gasteiger partial charge < -0.3 is 20.5 Å². The molecule has 0 aromatic heterocycles. The maximum atomic E-state index is 12.2. The lowest BCUT2D eigenvalue weighted by atomic mass is 9.85. The van der Waals surface area contributed by atoms with E-state index < -0.39 is 39.5 Å². The molecule has 0 spiro atoms. The Kier molecular flexibility index (Phi) is 3.34. The van der Waals surface area contributed by atoms with Crippen LogP contribution in [0, 0.1) is 0 Å². The Bertz CT molecular complexity index is 518. The lowest BCUT2D eigenvalue weighted by Gasteiger charge is -2.49. The van der Waals surface area contributed by atoms with E-state index in [2.05, 4.69) is 4.74 Å². The van der Waals surface area contributed by atoms with Crippen LogP contribution in [0.2, 0.25) is 0 Å². The van der Waals surface area contributed by atoms with Crippen LogP contribution in [0.4, 0.5) is 0 Å². The van der Waals surface area contributed by atoms with E-state index in [1.807, 2.05) is 0 Å². The molecular weight excluding hydrogens is 284 g/mol. The first-order valence-electron chi connectivity index (χ1n) is 5.94. The molecule has 2 aliphatic rings. The van der Waals surface area contributed by atoms with Crippen molar-refractivity contribution < 1.29 is 24.2 Å². The summed E-state index contributed by atoms with van der Waals surface area (Å²) in [5, 5.41) is 8.78. The summed E-state index contributed by atoms with van der Waals surface area (Å²) in [6.45, 7) is 3.51. The number of esters is 1. The second kappa shape index (κ2) is 4.49. The van der Waals surface area contributed by atoms with E-state index >= 15 is 0 Å². The van der Waals surface area contributed by atoms with Crippen molar-refractivity contribution in [3.63, 3.8) is 0 Å². The van der Waals surface area contributed by atoms with Gasteiger partial charge in [-0.1, -0.05) is 0 Å². The van der Waals surface area contributed by atoms with E-state index in [4.69, 9.17) is 5.73 Å². The lowest BCUT2D eigenvalue weighted by molar-refractivity contribution is -0.162. The van der Waals surface area contributed by atoms with E-state index in [1.165, 1.54) is 29.8 Å². The number of hydrogen-bond acceptors (Lipinski definition) is 6. The van der Waals surface area contributed by atoms with Crippen molar-refractivity contribution >= 4 is 29.6 Å². The van der Waals surface area contributed by atoms with E-state index in [-0.39, 0.29) is 0 Å². The Labute approximate surface area is 120 Å². The Hall–Kier alpha value is -1.54. The average Bonchev–Trinajstić information content (AvgIpc) is 2.65. The Morgan fingerprint density at radius 3 is 2.60 bits per heavy atom. The summed E-state index contributed by atoms with van der Waals surface area (Å²) < 4.78 is 3.81. The molecule has 20 heavy (non-hydrogen) atoms. The number of carbonyl (C=O) groups excluding carboxylic acids is 2. The molecular formula is C12H16N2O5S. The van der Waals surface area contributed by atoms with Crippen LogP contribution in [-0.2, 0) is 19.1 Å². The predicted molar refractivity (Wildman–Crippen MR) is 71.8 cm³/mol. The molecule has 110 valence electrons. The highest BCUT2D eigenvalue weighted by Crippen LogP contribution is 2.54. The van der Waals surface area contributed by atoms with Crippen LogP contribution >= 0.6 is 11.8 Å². The number of carboxylic acid groups (broad SMARTS) is 1. The normalized spacial score (nSPS) is 34.8. The van der Waals surface area contributed by atoms with Crippen LogP contribution in [0.25, 0.3) is 0 Å². The first kappa shape index (κ1) is 14.9. The fourth-order valence-corrected chi connectivity index (χ4v) is 4.16. The molecule has 7 nitrogen and oxygen atoms in total. The van der Waals surface area contributed by atoms with Gasteiger partial charge in [0.25, 0.3) is 5.91 Å². The molecule has 2 heterocycles. The summed E-state index contributed by atoms with van der Waals surface area (Å²) in [7, 11) is 1.22. The van der Waals surface area contributed by atoms with Gasteiger partial charge in [-0.2, -0.15) is 0 Å². The third-order valence-electron chi connectivity index (χ3n) is 3.55. The summed E-state index contributed by atoms with van der Waals surface area (Å²) in [5.41, 5.74) is 4.66.